The van der Waals surface area contributed by atoms with Crippen molar-refractivity contribution in [3.63, 3.8) is 0 Å². The quantitative estimate of drug-likeness (QED) is 0.604. The van der Waals surface area contributed by atoms with E-state index in [9.17, 15) is 0 Å². The van der Waals surface area contributed by atoms with Gasteiger partial charge in [-0.1, -0.05) is 30.3 Å². The first-order chi connectivity index (χ1) is 5.95. The van der Waals surface area contributed by atoms with Crippen LogP contribution in [0.5, 0.6) is 0 Å². The lowest BCUT2D eigenvalue weighted by Gasteiger charge is -1.98. The summed E-state index contributed by atoms with van der Waals surface area (Å²) in [7, 11) is 0. The van der Waals surface area contributed by atoms with E-state index in [0.29, 0.717) is 0 Å². The van der Waals surface area contributed by atoms with Crippen molar-refractivity contribution in [3.8, 4) is 0 Å². The van der Waals surface area contributed by atoms with E-state index in [0.717, 1.165) is 6.54 Å². The van der Waals surface area contributed by atoms with Gasteiger partial charge < -0.3 is 5.32 Å². The van der Waals surface area contributed by atoms with E-state index >= 15 is 0 Å². The molecule has 1 aliphatic carbocycles. The van der Waals surface area contributed by atoms with Gasteiger partial charge in [0.15, 0.2) is 0 Å². The highest BCUT2D eigenvalue weighted by Crippen LogP contribution is 2.35. The molecule has 1 N–H and O–H groups in total. The lowest BCUT2D eigenvalue weighted by atomic mass is 10.1. The summed E-state index contributed by atoms with van der Waals surface area (Å²) in [5.74, 6) is 0. The van der Waals surface area contributed by atoms with E-state index in [-0.39, 0.29) is 0 Å². The summed E-state index contributed by atoms with van der Waals surface area (Å²) >= 11 is 0. The second-order valence-corrected chi connectivity index (χ2v) is 3.14. The fourth-order valence-electron chi connectivity index (χ4n) is 1.88. The molecule has 58 valence electrons. The van der Waals surface area contributed by atoms with E-state index < -0.39 is 0 Å². The van der Waals surface area contributed by atoms with Crippen molar-refractivity contribution >= 4 is 11.6 Å². The van der Waals surface area contributed by atoms with Crippen LogP contribution in [-0.2, 0) is 0 Å². The number of nitrogens with one attached hydrogen (secondary N) is 1. The molecular weight excluding hydrogens is 146 g/mol. The van der Waals surface area contributed by atoms with Crippen LogP contribution in [0.15, 0.2) is 36.0 Å². The second-order valence-electron chi connectivity index (χ2n) is 3.14. The summed E-state index contributed by atoms with van der Waals surface area (Å²) in [6.45, 7) is 0.982. The van der Waals surface area contributed by atoms with Gasteiger partial charge in [-0.3, -0.25) is 0 Å². The summed E-state index contributed by atoms with van der Waals surface area (Å²) < 4.78 is 0. The Balaban J connectivity index is 2.29. The third-order valence-corrected chi connectivity index (χ3v) is 2.44. The van der Waals surface area contributed by atoms with E-state index in [1.807, 2.05) is 0 Å². The maximum Gasteiger partial charge on any atom is 0.0426 e. The van der Waals surface area contributed by atoms with Gasteiger partial charge in [0.05, 0.1) is 0 Å². The standard InChI is InChI=1S/C11H9N/c1-2-4-9-8(3-1)7-11-10(9)5-6-12-11/h1-5,7,12H,6H2. The highest BCUT2D eigenvalue weighted by molar-refractivity contribution is 5.95. The van der Waals surface area contributed by atoms with Crippen LogP contribution in [0.2, 0.25) is 0 Å². The lowest BCUT2D eigenvalue weighted by Crippen LogP contribution is -2.03. The smallest absolute Gasteiger partial charge is 0.0426 e. The minimum Gasteiger partial charge on any atom is -0.381 e. The third-order valence-electron chi connectivity index (χ3n) is 2.44. The largest absolute Gasteiger partial charge is 0.381 e. The van der Waals surface area contributed by atoms with Gasteiger partial charge in [-0.05, 0) is 17.2 Å². The second kappa shape index (κ2) is 2.01. The Morgan fingerprint density at radius 3 is 3.08 bits per heavy atom. The van der Waals surface area contributed by atoms with E-state index in [1.54, 1.807) is 0 Å². The summed E-state index contributed by atoms with van der Waals surface area (Å²) in [4.78, 5) is 0. The maximum atomic E-state index is 3.33. The van der Waals surface area contributed by atoms with Gasteiger partial charge in [-0.15, -0.1) is 0 Å². The maximum absolute atomic E-state index is 3.33. The van der Waals surface area contributed by atoms with Crippen molar-refractivity contribution in [1.82, 2.24) is 5.32 Å². The number of benzene rings is 1. The molecule has 1 heteroatoms. The van der Waals surface area contributed by atoms with Crippen LogP contribution in [0.4, 0.5) is 0 Å². The van der Waals surface area contributed by atoms with Crippen LogP contribution in [0, 0.1) is 0 Å². The van der Waals surface area contributed by atoms with Crippen LogP contribution in [0.1, 0.15) is 11.1 Å². The lowest BCUT2D eigenvalue weighted by molar-refractivity contribution is 0.994. The molecule has 12 heavy (non-hydrogen) atoms. The van der Waals surface area contributed by atoms with Crippen LogP contribution in [0.3, 0.4) is 0 Å². The average Bonchev–Trinajstić information content (AvgIpc) is 2.62. The summed E-state index contributed by atoms with van der Waals surface area (Å²) in [5.41, 5.74) is 5.38. The Kier molecular flexibility index (Phi) is 1.01. The molecule has 0 spiro atoms. The fraction of sp³-hybridized carbons (Fsp3) is 0.0909. The van der Waals surface area contributed by atoms with Gasteiger partial charge in [-0.25, -0.2) is 0 Å². The Hall–Kier alpha value is -1.50. The molecule has 0 amide bonds. The number of allylic oxidation sites excluding steroid dienone is 1. The molecule has 0 aromatic heterocycles. The monoisotopic (exact) mass is 155 g/mol. The molecule has 1 nitrogen and oxygen atoms in total. The molecule has 0 fully saturated rings. The van der Waals surface area contributed by atoms with Gasteiger partial charge in [0.2, 0.25) is 0 Å². The Labute approximate surface area is 71.4 Å². The predicted octanol–water partition coefficient (Wildman–Crippen LogP) is 2.03. The minimum atomic E-state index is 0.982. The first-order valence-electron chi connectivity index (χ1n) is 4.21. The van der Waals surface area contributed by atoms with E-state index in [1.165, 1.54) is 22.4 Å². The zero-order valence-electron chi connectivity index (χ0n) is 6.67. The molecule has 1 aromatic rings. The highest BCUT2D eigenvalue weighted by atomic mass is 14.9. The Bertz CT molecular complexity index is 399. The van der Waals surface area contributed by atoms with Gasteiger partial charge in [0.1, 0.15) is 0 Å². The third kappa shape index (κ3) is 0.632. The molecule has 0 saturated heterocycles. The predicted molar refractivity (Wildman–Crippen MR) is 50.4 cm³/mol. The van der Waals surface area contributed by atoms with E-state index in [4.69, 9.17) is 0 Å². The molecule has 0 saturated carbocycles. The number of fused-ring (bicyclic) bond motifs is 3. The Morgan fingerprint density at radius 1 is 1.17 bits per heavy atom. The molecule has 1 heterocycles. The van der Waals surface area contributed by atoms with Gasteiger partial charge in [0, 0.05) is 17.8 Å². The minimum absolute atomic E-state index is 0.982. The molecule has 1 aromatic carbocycles. The summed E-state index contributed by atoms with van der Waals surface area (Å²) in [6, 6.07) is 8.51. The zero-order chi connectivity index (χ0) is 7.97. The van der Waals surface area contributed by atoms with Crippen LogP contribution in [-0.4, -0.2) is 6.54 Å². The summed E-state index contributed by atoms with van der Waals surface area (Å²) in [6.07, 6.45) is 4.46. The van der Waals surface area contributed by atoms with Crippen molar-refractivity contribution in [2.75, 3.05) is 6.54 Å². The molecule has 2 aliphatic rings. The van der Waals surface area contributed by atoms with Gasteiger partial charge in [0.25, 0.3) is 0 Å². The number of hydrogen-bond donors (Lipinski definition) is 1. The first-order valence-corrected chi connectivity index (χ1v) is 4.21. The summed E-state index contributed by atoms with van der Waals surface area (Å²) in [5, 5.41) is 3.33. The molecule has 0 atom stereocenters. The van der Waals surface area contributed by atoms with Crippen molar-refractivity contribution in [3.05, 3.63) is 47.2 Å². The molecular formula is C11H9N. The van der Waals surface area contributed by atoms with Gasteiger partial charge >= 0.3 is 0 Å². The van der Waals surface area contributed by atoms with Crippen LogP contribution >= 0.6 is 0 Å². The topological polar surface area (TPSA) is 12.0 Å². The van der Waals surface area contributed by atoms with Crippen LogP contribution < -0.4 is 5.32 Å². The average molecular weight is 155 g/mol. The van der Waals surface area contributed by atoms with Crippen molar-refractivity contribution < 1.29 is 0 Å². The fourth-order valence-corrected chi connectivity index (χ4v) is 1.88. The van der Waals surface area contributed by atoms with Crippen LogP contribution in [0.25, 0.3) is 11.6 Å². The molecule has 0 bridgehead atoms. The van der Waals surface area contributed by atoms with Gasteiger partial charge in [-0.2, -0.15) is 0 Å². The van der Waals surface area contributed by atoms with Crippen molar-refractivity contribution in [2.24, 2.45) is 0 Å². The normalized spacial score (nSPS) is 17.7. The SMILES string of the molecule is C1=C2NCC=C2c2ccccc21. The van der Waals surface area contributed by atoms with Crippen molar-refractivity contribution in [1.29, 1.82) is 0 Å². The van der Waals surface area contributed by atoms with E-state index in [2.05, 4.69) is 41.7 Å². The van der Waals surface area contributed by atoms with Crippen molar-refractivity contribution in [2.45, 2.75) is 0 Å². The highest BCUT2D eigenvalue weighted by Gasteiger charge is 2.20. The molecule has 0 unspecified atom stereocenters. The molecule has 3 rings (SSSR count). The first kappa shape index (κ1) is 6.06. The Morgan fingerprint density at radius 2 is 2.08 bits per heavy atom. The zero-order valence-corrected chi connectivity index (χ0v) is 6.67. The number of rotatable bonds is 0. The molecule has 1 aliphatic heterocycles. The number of hydrogen-bond acceptors (Lipinski definition) is 1. The molecule has 0 radical (unpaired) electrons.